The molecule has 1 aromatic carbocycles. The molecular weight excluding hydrogens is 312 g/mol. The maximum absolute atomic E-state index is 11.7. The highest BCUT2D eigenvalue weighted by Crippen LogP contribution is 2.20. The second kappa shape index (κ2) is 9.60. The Balaban J connectivity index is 1.82. The summed E-state index contributed by atoms with van der Waals surface area (Å²) in [5, 5.41) is 10.8. The summed E-state index contributed by atoms with van der Waals surface area (Å²) in [5.74, 6) is -0.321. The van der Waals surface area contributed by atoms with Gasteiger partial charge in [0.15, 0.2) is 0 Å². The van der Waals surface area contributed by atoms with Gasteiger partial charge in [0.25, 0.3) is 0 Å². The lowest BCUT2D eigenvalue weighted by atomic mass is 10.2. The van der Waals surface area contributed by atoms with Crippen molar-refractivity contribution in [1.82, 2.24) is 20.2 Å². The Morgan fingerprint density at radius 3 is 2.78 bits per heavy atom. The fourth-order valence-corrected chi connectivity index (χ4v) is 2.29. The van der Waals surface area contributed by atoms with Crippen molar-refractivity contribution in [2.75, 3.05) is 13.6 Å². The van der Waals surface area contributed by atoms with Gasteiger partial charge < -0.3 is 10.1 Å². The molecule has 0 saturated heterocycles. The number of esters is 1. The maximum Gasteiger partial charge on any atom is 0.325 e. The van der Waals surface area contributed by atoms with Crippen LogP contribution >= 0.6 is 11.9 Å². The van der Waals surface area contributed by atoms with E-state index in [1.165, 1.54) is 11.9 Å². The first kappa shape index (κ1) is 17.0. The molecule has 1 aromatic heterocycles. The summed E-state index contributed by atoms with van der Waals surface area (Å²) >= 11 is 1.39. The lowest BCUT2D eigenvalue weighted by Crippen LogP contribution is -2.20. The highest BCUT2D eigenvalue weighted by atomic mass is 32.2. The Morgan fingerprint density at radius 1 is 1.26 bits per heavy atom. The first-order valence-electron chi connectivity index (χ1n) is 7.04. The molecule has 7 heteroatoms. The van der Waals surface area contributed by atoms with Crippen LogP contribution < -0.4 is 10.0 Å². The average Bonchev–Trinajstić information content (AvgIpc) is 2.61. The Bertz CT molecular complexity index is 635. The Hall–Kier alpha value is -2.38. The number of nitrogens with zero attached hydrogens (tertiary/aromatic N) is 2. The first-order chi connectivity index (χ1) is 11.3. The summed E-state index contributed by atoms with van der Waals surface area (Å²) in [7, 11) is 1.81. The summed E-state index contributed by atoms with van der Waals surface area (Å²) in [4.78, 5) is 12.6. The van der Waals surface area contributed by atoms with E-state index in [0.29, 0.717) is 0 Å². The Labute approximate surface area is 139 Å². The van der Waals surface area contributed by atoms with Gasteiger partial charge in [-0.3, -0.25) is 9.52 Å². The highest BCUT2D eigenvalue weighted by Gasteiger charge is 2.05. The van der Waals surface area contributed by atoms with E-state index in [9.17, 15) is 4.79 Å². The van der Waals surface area contributed by atoms with Crippen molar-refractivity contribution < 1.29 is 9.53 Å². The zero-order valence-electron chi connectivity index (χ0n) is 12.7. The van der Waals surface area contributed by atoms with Gasteiger partial charge in [-0.1, -0.05) is 30.3 Å². The van der Waals surface area contributed by atoms with Gasteiger partial charge in [-0.25, -0.2) is 0 Å². The van der Waals surface area contributed by atoms with E-state index in [0.717, 1.165) is 16.2 Å². The van der Waals surface area contributed by atoms with Crippen LogP contribution in [0.5, 0.6) is 0 Å². The molecule has 2 aromatic rings. The lowest BCUT2D eigenvalue weighted by Gasteiger charge is -2.07. The van der Waals surface area contributed by atoms with Crippen LogP contribution in [0.25, 0.3) is 4.91 Å². The number of benzene rings is 1. The topological polar surface area (TPSA) is 76.1 Å². The van der Waals surface area contributed by atoms with Gasteiger partial charge in [-0.2, -0.15) is 5.10 Å². The first-order valence-corrected chi connectivity index (χ1v) is 7.86. The van der Waals surface area contributed by atoms with Gasteiger partial charge in [0.1, 0.15) is 18.8 Å². The highest BCUT2D eigenvalue weighted by molar-refractivity contribution is 8.06. The fourth-order valence-electron chi connectivity index (χ4n) is 1.71. The van der Waals surface area contributed by atoms with E-state index in [1.54, 1.807) is 18.5 Å². The van der Waals surface area contributed by atoms with Crippen LogP contribution in [-0.2, 0) is 16.1 Å². The molecular formula is C16H18N4O2S. The number of nitrogens with one attached hydrogen (secondary N) is 2. The molecule has 0 bridgehead atoms. The van der Waals surface area contributed by atoms with Crippen LogP contribution in [0, 0.1) is 0 Å². The number of carbonyl (C=O) groups excluding carboxylic acids is 1. The number of hydrogen-bond donors (Lipinski definition) is 2. The third-order valence-electron chi connectivity index (χ3n) is 2.76. The summed E-state index contributed by atoms with van der Waals surface area (Å²) in [5.41, 5.74) is 1.68. The lowest BCUT2D eigenvalue weighted by molar-refractivity contribution is -0.143. The molecule has 0 aliphatic carbocycles. The molecule has 0 saturated carbocycles. The van der Waals surface area contributed by atoms with Crippen molar-refractivity contribution in [2.24, 2.45) is 0 Å². The quantitative estimate of drug-likeness (QED) is 0.566. The van der Waals surface area contributed by atoms with Gasteiger partial charge in [-0.05, 0) is 36.7 Å². The van der Waals surface area contributed by atoms with Crippen LogP contribution in [0.2, 0.25) is 0 Å². The second-order valence-electron chi connectivity index (χ2n) is 4.45. The molecule has 23 heavy (non-hydrogen) atoms. The zero-order chi connectivity index (χ0) is 16.3. The number of ether oxygens (including phenoxy) is 1. The second-order valence-corrected chi connectivity index (χ2v) is 5.50. The van der Waals surface area contributed by atoms with Crippen molar-refractivity contribution in [3.63, 3.8) is 0 Å². The molecule has 0 fully saturated rings. The molecule has 2 N–H and O–H groups in total. The molecule has 2 rings (SSSR count). The third kappa shape index (κ3) is 6.09. The number of hydrogen-bond acceptors (Lipinski definition) is 7. The predicted octanol–water partition coefficient (Wildman–Crippen LogP) is 1.98. The van der Waals surface area contributed by atoms with Crippen molar-refractivity contribution in [3.8, 4) is 0 Å². The summed E-state index contributed by atoms with van der Waals surface area (Å²) in [6.45, 7) is 0.355. The smallest absolute Gasteiger partial charge is 0.325 e. The van der Waals surface area contributed by atoms with E-state index >= 15 is 0 Å². The van der Waals surface area contributed by atoms with Crippen LogP contribution in [0.15, 0.2) is 54.9 Å². The van der Waals surface area contributed by atoms with E-state index in [1.807, 2.05) is 43.4 Å². The van der Waals surface area contributed by atoms with E-state index in [2.05, 4.69) is 20.2 Å². The number of carbonyl (C=O) groups is 1. The van der Waals surface area contributed by atoms with Crippen molar-refractivity contribution in [2.45, 2.75) is 6.61 Å². The van der Waals surface area contributed by atoms with Crippen molar-refractivity contribution in [3.05, 3.63) is 66.1 Å². The fraction of sp³-hybridized carbons (Fsp3) is 0.188. The standard InChI is InChI=1S/C16H18N4O2S/c1-17-23-15(14-8-5-9-19-20-14)10-18-11-16(21)22-12-13-6-3-2-4-7-13/h2-10,17-18H,11-12H2,1H3/b15-10-. The van der Waals surface area contributed by atoms with Gasteiger partial charge in [0.05, 0.1) is 4.91 Å². The molecule has 0 aliphatic rings. The molecule has 0 radical (unpaired) electrons. The molecule has 0 amide bonds. The monoisotopic (exact) mass is 330 g/mol. The minimum atomic E-state index is -0.321. The molecule has 6 nitrogen and oxygen atoms in total. The van der Waals surface area contributed by atoms with E-state index in [4.69, 9.17) is 4.74 Å². The van der Waals surface area contributed by atoms with Gasteiger partial charge in [0, 0.05) is 12.4 Å². The van der Waals surface area contributed by atoms with Gasteiger partial charge in [-0.15, -0.1) is 5.10 Å². The molecule has 1 heterocycles. The summed E-state index contributed by atoms with van der Waals surface area (Å²) in [6.07, 6.45) is 3.33. The molecule has 0 aliphatic heterocycles. The molecule has 0 unspecified atom stereocenters. The minimum Gasteiger partial charge on any atom is -0.460 e. The number of aromatic nitrogens is 2. The SMILES string of the molecule is CNS/C(=C\NCC(=O)OCc1ccccc1)c1cccnn1. The maximum atomic E-state index is 11.7. The van der Waals surface area contributed by atoms with Crippen LogP contribution in [0.4, 0.5) is 0 Å². The van der Waals surface area contributed by atoms with Crippen LogP contribution in [0.1, 0.15) is 11.3 Å². The van der Waals surface area contributed by atoms with Crippen LogP contribution in [-0.4, -0.2) is 29.8 Å². The average molecular weight is 330 g/mol. The molecule has 0 spiro atoms. The largest absolute Gasteiger partial charge is 0.460 e. The van der Waals surface area contributed by atoms with Crippen molar-refractivity contribution >= 4 is 22.8 Å². The van der Waals surface area contributed by atoms with E-state index < -0.39 is 0 Å². The Morgan fingerprint density at radius 2 is 2.09 bits per heavy atom. The summed E-state index contributed by atoms with van der Waals surface area (Å²) in [6, 6.07) is 13.2. The van der Waals surface area contributed by atoms with Crippen LogP contribution in [0.3, 0.4) is 0 Å². The summed E-state index contributed by atoms with van der Waals surface area (Å²) < 4.78 is 8.17. The van der Waals surface area contributed by atoms with Crippen molar-refractivity contribution in [1.29, 1.82) is 0 Å². The third-order valence-corrected chi connectivity index (χ3v) is 3.51. The normalized spacial score (nSPS) is 11.1. The molecule has 0 atom stereocenters. The molecule has 120 valence electrons. The Kier molecular flexibility index (Phi) is 7.09. The van der Waals surface area contributed by atoms with Gasteiger partial charge in [0.2, 0.25) is 0 Å². The zero-order valence-corrected chi connectivity index (χ0v) is 13.5. The minimum absolute atomic E-state index is 0.0842. The predicted molar refractivity (Wildman–Crippen MR) is 90.9 cm³/mol. The number of rotatable bonds is 8. The van der Waals surface area contributed by atoms with E-state index in [-0.39, 0.29) is 19.1 Å². The van der Waals surface area contributed by atoms with Gasteiger partial charge >= 0.3 is 5.97 Å².